The van der Waals surface area contributed by atoms with Gasteiger partial charge in [-0.3, -0.25) is 25.2 Å². The van der Waals surface area contributed by atoms with Gasteiger partial charge in [0.05, 0.1) is 6.54 Å². The summed E-state index contributed by atoms with van der Waals surface area (Å²) >= 11 is 1.52. The maximum Gasteiger partial charge on any atom is 0.269 e. The largest absolute Gasteiger partial charge is 0.343 e. The van der Waals surface area contributed by atoms with Gasteiger partial charge in [-0.25, -0.2) is 9.97 Å². The fraction of sp³-hybridized carbons (Fsp3) is 0.208. The Morgan fingerprint density at radius 2 is 1.52 bits per heavy atom. The van der Waals surface area contributed by atoms with Crippen molar-refractivity contribution in [2.75, 3.05) is 6.54 Å². The molecule has 1 heterocycles. The van der Waals surface area contributed by atoms with Crippen molar-refractivity contribution in [1.29, 1.82) is 0 Å². The molecule has 9 heteroatoms. The van der Waals surface area contributed by atoms with Gasteiger partial charge in [0.2, 0.25) is 0 Å². The second-order valence-corrected chi connectivity index (χ2v) is 8.36. The molecule has 0 unspecified atom stereocenters. The number of nitrogens with one attached hydrogen (secondary N) is 3. The summed E-state index contributed by atoms with van der Waals surface area (Å²) in [4.78, 5) is 45.2. The van der Waals surface area contributed by atoms with Crippen molar-refractivity contribution in [3.05, 3.63) is 88.2 Å². The van der Waals surface area contributed by atoms with Gasteiger partial charge >= 0.3 is 0 Å². The highest BCUT2D eigenvalue weighted by molar-refractivity contribution is 7.98. The lowest BCUT2D eigenvalue weighted by Gasteiger charge is -2.10. The van der Waals surface area contributed by atoms with E-state index >= 15 is 0 Å². The molecule has 8 nitrogen and oxygen atoms in total. The molecule has 0 aliphatic carbocycles. The van der Waals surface area contributed by atoms with Crippen LogP contribution in [-0.2, 0) is 10.5 Å². The molecule has 0 saturated carbocycles. The molecule has 0 spiro atoms. The highest BCUT2D eigenvalue weighted by Crippen LogP contribution is 2.20. The van der Waals surface area contributed by atoms with Gasteiger partial charge in [-0.15, -0.1) is 0 Å². The molecule has 3 N–H and O–H groups in total. The predicted octanol–water partition coefficient (Wildman–Crippen LogP) is 2.89. The molecule has 1 aromatic heterocycles. The van der Waals surface area contributed by atoms with Crippen molar-refractivity contribution in [2.45, 2.75) is 31.7 Å². The first-order valence-electron chi connectivity index (χ1n) is 10.3. The van der Waals surface area contributed by atoms with Gasteiger partial charge in [-0.05, 0) is 56.2 Å². The Labute approximate surface area is 196 Å². The standard InChI is InChI=1S/C24H25N5O3S/c1-15-6-4-5-7-20(15)23(32)25-13-21(30)28-29-22(31)19-10-8-18(9-11-19)14-33-24-26-16(2)12-17(3)27-24/h4-12H,13-14H2,1-3H3,(H,25,32)(H,28,30)(H,29,31). The van der Waals surface area contributed by atoms with Gasteiger partial charge < -0.3 is 5.32 Å². The summed E-state index contributed by atoms with van der Waals surface area (Å²) in [6.45, 7) is 5.42. The zero-order valence-electron chi connectivity index (χ0n) is 18.6. The third-order valence-electron chi connectivity index (χ3n) is 4.66. The average molecular weight is 464 g/mol. The average Bonchev–Trinajstić information content (AvgIpc) is 2.79. The van der Waals surface area contributed by atoms with Gasteiger partial charge in [0.15, 0.2) is 5.16 Å². The topological polar surface area (TPSA) is 113 Å². The Morgan fingerprint density at radius 1 is 0.848 bits per heavy atom. The van der Waals surface area contributed by atoms with Crippen LogP contribution in [0, 0.1) is 20.8 Å². The van der Waals surface area contributed by atoms with E-state index in [1.54, 1.807) is 24.3 Å². The number of nitrogens with zero attached hydrogens (tertiary/aromatic N) is 2. The number of carbonyl (C=O) groups is 3. The van der Waals surface area contributed by atoms with Crippen LogP contribution in [0.2, 0.25) is 0 Å². The number of amides is 3. The van der Waals surface area contributed by atoms with E-state index in [2.05, 4.69) is 26.1 Å². The van der Waals surface area contributed by atoms with Crippen molar-refractivity contribution in [3.63, 3.8) is 0 Å². The van der Waals surface area contributed by atoms with Crippen LogP contribution in [0.25, 0.3) is 0 Å². The fourth-order valence-electron chi connectivity index (χ4n) is 2.98. The second kappa shape index (κ2) is 11.2. The Kier molecular flexibility index (Phi) is 8.15. The van der Waals surface area contributed by atoms with Crippen molar-refractivity contribution in [1.82, 2.24) is 26.1 Å². The minimum absolute atomic E-state index is 0.260. The number of hydrogen-bond acceptors (Lipinski definition) is 6. The van der Waals surface area contributed by atoms with Crippen LogP contribution in [0.1, 0.15) is 43.2 Å². The minimum atomic E-state index is -0.535. The first-order valence-corrected chi connectivity index (χ1v) is 11.3. The second-order valence-electron chi connectivity index (χ2n) is 7.42. The normalized spacial score (nSPS) is 10.4. The van der Waals surface area contributed by atoms with E-state index in [9.17, 15) is 14.4 Å². The number of thioether (sulfide) groups is 1. The summed E-state index contributed by atoms with van der Waals surface area (Å²) in [7, 11) is 0. The molecule has 170 valence electrons. The monoisotopic (exact) mass is 463 g/mol. The van der Waals surface area contributed by atoms with Gasteiger partial charge in [0, 0.05) is 28.3 Å². The number of benzene rings is 2. The third kappa shape index (κ3) is 7.15. The lowest BCUT2D eigenvalue weighted by molar-refractivity contribution is -0.120. The summed E-state index contributed by atoms with van der Waals surface area (Å²) < 4.78 is 0. The molecule has 0 fully saturated rings. The van der Waals surface area contributed by atoms with Crippen LogP contribution in [0.4, 0.5) is 0 Å². The minimum Gasteiger partial charge on any atom is -0.343 e. The molecule has 0 aliphatic heterocycles. The summed E-state index contributed by atoms with van der Waals surface area (Å²) in [6, 6.07) is 16.1. The number of rotatable bonds is 7. The Morgan fingerprint density at radius 3 is 2.18 bits per heavy atom. The van der Waals surface area contributed by atoms with Crippen LogP contribution < -0.4 is 16.2 Å². The smallest absolute Gasteiger partial charge is 0.269 e. The van der Waals surface area contributed by atoms with E-state index in [0.29, 0.717) is 22.0 Å². The number of aryl methyl sites for hydroxylation is 3. The summed E-state index contributed by atoms with van der Waals surface area (Å²) in [5, 5.41) is 3.24. The number of carbonyl (C=O) groups excluding carboxylic acids is 3. The van der Waals surface area contributed by atoms with Crippen molar-refractivity contribution in [2.24, 2.45) is 0 Å². The van der Waals surface area contributed by atoms with E-state index < -0.39 is 11.8 Å². The van der Waals surface area contributed by atoms with Crippen molar-refractivity contribution >= 4 is 29.5 Å². The fourth-order valence-corrected chi connectivity index (χ4v) is 3.89. The van der Waals surface area contributed by atoms with E-state index in [4.69, 9.17) is 0 Å². The number of aromatic nitrogens is 2. The van der Waals surface area contributed by atoms with E-state index in [-0.39, 0.29) is 12.5 Å². The molecule has 0 bridgehead atoms. The molecular formula is C24H25N5O3S. The molecule has 0 atom stereocenters. The van der Waals surface area contributed by atoms with E-state index in [1.165, 1.54) is 11.8 Å². The molecule has 3 aromatic rings. The molecular weight excluding hydrogens is 438 g/mol. The Balaban J connectivity index is 1.44. The molecule has 33 heavy (non-hydrogen) atoms. The van der Waals surface area contributed by atoms with Gasteiger partial charge in [-0.1, -0.05) is 42.1 Å². The molecule has 0 saturated heterocycles. The SMILES string of the molecule is Cc1cc(C)nc(SCc2ccc(C(=O)NNC(=O)CNC(=O)c3ccccc3C)cc2)n1. The molecule has 0 radical (unpaired) electrons. The summed E-state index contributed by atoms with van der Waals surface area (Å²) in [5.41, 5.74) is 9.22. The van der Waals surface area contributed by atoms with Crippen molar-refractivity contribution in [3.8, 4) is 0 Å². The number of hydrogen-bond donors (Lipinski definition) is 3. The highest BCUT2D eigenvalue weighted by Gasteiger charge is 2.11. The van der Waals surface area contributed by atoms with Crippen molar-refractivity contribution < 1.29 is 14.4 Å². The van der Waals surface area contributed by atoms with Crippen LogP contribution in [0.5, 0.6) is 0 Å². The van der Waals surface area contributed by atoms with Crippen LogP contribution in [-0.4, -0.2) is 34.2 Å². The number of hydrazine groups is 1. The lowest BCUT2D eigenvalue weighted by atomic mass is 10.1. The predicted molar refractivity (Wildman–Crippen MR) is 127 cm³/mol. The maximum atomic E-state index is 12.3. The first kappa shape index (κ1) is 23.9. The third-order valence-corrected chi connectivity index (χ3v) is 5.58. The highest BCUT2D eigenvalue weighted by atomic mass is 32.2. The van der Waals surface area contributed by atoms with Crippen LogP contribution >= 0.6 is 11.8 Å². The quantitative estimate of drug-likeness (QED) is 0.282. The zero-order chi connectivity index (χ0) is 23.8. The molecule has 0 aliphatic rings. The van der Waals surface area contributed by atoms with E-state index in [1.807, 2.05) is 51.1 Å². The summed E-state index contributed by atoms with van der Waals surface area (Å²) in [6.07, 6.45) is 0. The van der Waals surface area contributed by atoms with Crippen LogP contribution in [0.3, 0.4) is 0 Å². The first-order chi connectivity index (χ1) is 15.8. The van der Waals surface area contributed by atoms with Gasteiger partial charge in [0.1, 0.15) is 0 Å². The lowest BCUT2D eigenvalue weighted by Crippen LogP contribution is -2.46. The van der Waals surface area contributed by atoms with Crippen LogP contribution in [0.15, 0.2) is 59.8 Å². The molecule has 2 aromatic carbocycles. The molecule has 3 amide bonds. The van der Waals surface area contributed by atoms with E-state index in [0.717, 1.165) is 22.5 Å². The maximum absolute atomic E-state index is 12.3. The Bertz CT molecular complexity index is 1140. The Hall–Kier alpha value is -3.72. The van der Waals surface area contributed by atoms with Gasteiger partial charge in [-0.2, -0.15) is 0 Å². The zero-order valence-corrected chi connectivity index (χ0v) is 19.5. The summed E-state index contributed by atoms with van der Waals surface area (Å²) in [5.74, 6) is -0.672. The molecule has 3 rings (SSSR count). The van der Waals surface area contributed by atoms with Gasteiger partial charge in [0.25, 0.3) is 17.7 Å².